The Kier molecular flexibility index (Phi) is 6.93. The van der Waals surface area contributed by atoms with E-state index in [1.54, 1.807) is 4.90 Å². The summed E-state index contributed by atoms with van der Waals surface area (Å²) in [6, 6.07) is 8.79. The van der Waals surface area contributed by atoms with Crippen molar-refractivity contribution in [2.45, 2.75) is 31.4 Å². The van der Waals surface area contributed by atoms with Crippen LogP contribution in [0.5, 0.6) is 0 Å². The molecular formula is C23H22ClF3N6O2S. The van der Waals surface area contributed by atoms with Crippen LogP contribution in [0.25, 0.3) is 0 Å². The Balaban J connectivity index is 1.72. The lowest BCUT2D eigenvalue weighted by Crippen LogP contribution is -2.65. The number of carbonyl (C=O) groups is 2. The van der Waals surface area contributed by atoms with Crippen LogP contribution >= 0.6 is 23.1 Å². The molecule has 4 rings (SSSR count). The third-order valence-corrected chi connectivity index (χ3v) is 6.97. The molecule has 1 aliphatic rings. The first-order chi connectivity index (χ1) is 17.0. The molecule has 1 fully saturated rings. The maximum absolute atomic E-state index is 13.8. The van der Waals surface area contributed by atoms with Crippen molar-refractivity contribution in [3.8, 4) is 0 Å². The summed E-state index contributed by atoms with van der Waals surface area (Å²) in [5, 5.41) is 5.46. The normalized spacial score (nSPS) is 14.9. The molecule has 0 saturated carbocycles. The van der Waals surface area contributed by atoms with E-state index in [0.717, 1.165) is 11.1 Å². The van der Waals surface area contributed by atoms with Gasteiger partial charge in [-0.3, -0.25) is 9.59 Å². The summed E-state index contributed by atoms with van der Waals surface area (Å²) in [5.41, 5.74) is 0.857. The fourth-order valence-electron chi connectivity index (χ4n) is 4.17. The molecule has 2 aromatic heterocycles. The minimum atomic E-state index is -4.66. The van der Waals surface area contributed by atoms with Gasteiger partial charge in [0.05, 0.1) is 17.4 Å². The zero-order chi connectivity index (χ0) is 26.3. The van der Waals surface area contributed by atoms with Crippen LogP contribution in [0, 0.1) is 0 Å². The number of amides is 2. The molecule has 1 saturated heterocycles. The molecule has 0 bridgehead atoms. The highest BCUT2D eigenvalue weighted by molar-refractivity contribution is 7.09. The second-order valence-corrected chi connectivity index (χ2v) is 9.78. The highest BCUT2D eigenvalue weighted by Crippen LogP contribution is 2.43. The lowest BCUT2D eigenvalue weighted by atomic mass is 9.70. The van der Waals surface area contributed by atoms with E-state index < -0.39 is 29.2 Å². The van der Waals surface area contributed by atoms with Gasteiger partial charge in [0.1, 0.15) is 10.6 Å². The number of hydrogen-bond donors (Lipinski definition) is 2. The van der Waals surface area contributed by atoms with E-state index >= 15 is 0 Å². The van der Waals surface area contributed by atoms with Crippen molar-refractivity contribution in [1.29, 1.82) is 0 Å². The van der Waals surface area contributed by atoms with Gasteiger partial charge < -0.3 is 15.5 Å². The van der Waals surface area contributed by atoms with Crippen molar-refractivity contribution in [1.82, 2.24) is 19.7 Å². The Morgan fingerprint density at radius 1 is 1.22 bits per heavy atom. The van der Waals surface area contributed by atoms with E-state index in [1.165, 1.54) is 19.3 Å². The molecule has 8 nitrogen and oxygen atoms in total. The average molecular weight is 539 g/mol. The van der Waals surface area contributed by atoms with Gasteiger partial charge in [-0.05, 0) is 23.1 Å². The van der Waals surface area contributed by atoms with Crippen LogP contribution in [0.4, 0.5) is 24.0 Å². The van der Waals surface area contributed by atoms with Gasteiger partial charge in [-0.2, -0.15) is 22.5 Å². The quantitative estimate of drug-likeness (QED) is 0.449. The van der Waals surface area contributed by atoms with Crippen LogP contribution in [0.15, 0.2) is 36.5 Å². The molecule has 1 aliphatic heterocycles. The van der Waals surface area contributed by atoms with Gasteiger partial charge in [-0.25, -0.2) is 4.98 Å². The number of rotatable bonds is 6. The number of hydrogen-bond acceptors (Lipinski definition) is 7. The molecule has 1 aromatic carbocycles. The molecule has 2 amide bonds. The van der Waals surface area contributed by atoms with Gasteiger partial charge in [0.2, 0.25) is 16.9 Å². The van der Waals surface area contributed by atoms with E-state index in [4.69, 9.17) is 11.6 Å². The number of nitrogens with one attached hydrogen (secondary N) is 2. The Labute approximate surface area is 214 Å². The van der Waals surface area contributed by atoms with Gasteiger partial charge in [-0.1, -0.05) is 49.7 Å². The van der Waals surface area contributed by atoms with E-state index in [0.29, 0.717) is 11.5 Å². The maximum atomic E-state index is 13.8. The van der Waals surface area contributed by atoms with Crippen molar-refractivity contribution < 1.29 is 22.8 Å². The second kappa shape index (κ2) is 9.66. The minimum Gasteiger partial charge on any atom is -0.355 e. The van der Waals surface area contributed by atoms with E-state index in [2.05, 4.69) is 25.0 Å². The highest BCUT2D eigenvalue weighted by atomic mass is 35.5. The standard InChI is InChI=1S/C23H22ClF3N6O2S/c1-12(2)13-6-4-5-7-15(13)22(10-33(11-22)21-31-19(32-36-21)23(25,26)27)20(35)30-16-9-29-17(24)8-14(16)18(34)28-3/h4-9,12H,10-11H2,1-3H3,(H,28,34)(H,30,35). The number of nitrogens with zero attached hydrogens (tertiary/aromatic N) is 4. The van der Waals surface area contributed by atoms with Gasteiger partial charge in [0, 0.05) is 31.7 Å². The van der Waals surface area contributed by atoms with Gasteiger partial charge >= 0.3 is 6.18 Å². The van der Waals surface area contributed by atoms with Crippen LogP contribution in [-0.2, 0) is 16.4 Å². The van der Waals surface area contributed by atoms with Gasteiger partial charge in [0.15, 0.2) is 0 Å². The zero-order valence-corrected chi connectivity index (χ0v) is 21.1. The lowest BCUT2D eigenvalue weighted by Gasteiger charge is -2.49. The van der Waals surface area contributed by atoms with E-state index in [9.17, 15) is 22.8 Å². The molecule has 3 aromatic rings. The van der Waals surface area contributed by atoms with Crippen molar-refractivity contribution in [2.75, 3.05) is 30.4 Å². The topological polar surface area (TPSA) is 100 Å². The smallest absolute Gasteiger partial charge is 0.355 e. The Bertz CT molecular complexity index is 1310. The average Bonchev–Trinajstić information content (AvgIpc) is 3.30. The predicted molar refractivity (Wildman–Crippen MR) is 131 cm³/mol. The first-order valence-corrected chi connectivity index (χ1v) is 12.1. The Hall–Kier alpha value is -3.25. The summed E-state index contributed by atoms with van der Waals surface area (Å²) in [7, 11) is 1.45. The molecule has 3 heterocycles. The van der Waals surface area contributed by atoms with Gasteiger partial charge in [-0.15, -0.1) is 0 Å². The molecule has 0 aliphatic carbocycles. The fourth-order valence-corrected chi connectivity index (χ4v) is 5.01. The minimum absolute atomic E-state index is 0.0748. The summed E-state index contributed by atoms with van der Waals surface area (Å²) in [5.74, 6) is -2.02. The summed E-state index contributed by atoms with van der Waals surface area (Å²) in [6.45, 7) is 4.14. The van der Waals surface area contributed by atoms with Crippen LogP contribution in [-0.4, -0.2) is 46.3 Å². The SMILES string of the molecule is CNC(=O)c1cc(Cl)ncc1NC(=O)C1(c2ccccc2C(C)C)CN(c2nc(C(F)(F)F)ns2)C1. The molecule has 36 heavy (non-hydrogen) atoms. The molecular weight excluding hydrogens is 517 g/mol. The van der Waals surface area contributed by atoms with Crippen LogP contribution < -0.4 is 15.5 Å². The van der Waals surface area contributed by atoms with Crippen LogP contribution in [0.3, 0.4) is 0 Å². The van der Waals surface area contributed by atoms with Crippen molar-refractivity contribution >= 4 is 45.8 Å². The molecule has 0 atom stereocenters. The molecule has 13 heteroatoms. The monoisotopic (exact) mass is 538 g/mol. The first kappa shape index (κ1) is 25.8. The second-order valence-electron chi connectivity index (χ2n) is 8.66. The number of carbonyl (C=O) groups excluding carboxylic acids is 2. The van der Waals surface area contributed by atoms with Crippen molar-refractivity contribution in [2.24, 2.45) is 0 Å². The van der Waals surface area contributed by atoms with E-state index in [-0.39, 0.29) is 40.5 Å². The zero-order valence-electron chi connectivity index (χ0n) is 19.5. The lowest BCUT2D eigenvalue weighted by molar-refractivity contribution is -0.144. The largest absolute Gasteiger partial charge is 0.452 e. The summed E-state index contributed by atoms with van der Waals surface area (Å²) >= 11 is 6.58. The highest BCUT2D eigenvalue weighted by Gasteiger charge is 2.53. The van der Waals surface area contributed by atoms with E-state index in [1.807, 2.05) is 38.1 Å². The number of halogens is 4. The first-order valence-electron chi connectivity index (χ1n) is 10.9. The van der Waals surface area contributed by atoms with Crippen LogP contribution in [0.1, 0.15) is 47.1 Å². The predicted octanol–water partition coefficient (Wildman–Crippen LogP) is 4.49. The molecule has 2 N–H and O–H groups in total. The number of aromatic nitrogens is 3. The molecule has 0 radical (unpaired) electrons. The van der Waals surface area contributed by atoms with Gasteiger partial charge in [0.25, 0.3) is 5.91 Å². The third-order valence-electron chi connectivity index (χ3n) is 5.98. The fraction of sp³-hybridized carbons (Fsp3) is 0.348. The van der Waals surface area contributed by atoms with Crippen LogP contribution in [0.2, 0.25) is 5.15 Å². The Morgan fingerprint density at radius 2 is 1.92 bits per heavy atom. The summed E-state index contributed by atoms with van der Waals surface area (Å²) in [6.07, 6.45) is -3.36. The Morgan fingerprint density at radius 3 is 2.53 bits per heavy atom. The third kappa shape index (κ3) is 4.74. The number of pyridine rings is 1. The number of anilines is 2. The molecule has 0 unspecified atom stereocenters. The maximum Gasteiger partial charge on any atom is 0.452 e. The summed E-state index contributed by atoms with van der Waals surface area (Å²) < 4.78 is 42.5. The number of benzene rings is 1. The summed E-state index contributed by atoms with van der Waals surface area (Å²) in [4.78, 5) is 35.4. The van der Waals surface area contributed by atoms with Crippen molar-refractivity contribution in [3.63, 3.8) is 0 Å². The van der Waals surface area contributed by atoms with Crippen molar-refractivity contribution in [3.05, 3.63) is 64.2 Å². The molecule has 0 spiro atoms. The molecule has 190 valence electrons. The number of alkyl halides is 3.